The van der Waals surface area contributed by atoms with Crippen molar-refractivity contribution in [3.05, 3.63) is 23.4 Å². The van der Waals surface area contributed by atoms with Crippen LogP contribution in [0.25, 0.3) is 0 Å². The van der Waals surface area contributed by atoms with Crippen LogP contribution < -0.4 is 4.90 Å². The molecule has 0 saturated heterocycles. The van der Waals surface area contributed by atoms with Crippen molar-refractivity contribution in [2.24, 2.45) is 0 Å². The molecule has 0 N–H and O–H groups in total. The van der Waals surface area contributed by atoms with Crippen molar-refractivity contribution in [1.29, 1.82) is 0 Å². The van der Waals surface area contributed by atoms with E-state index < -0.39 is 0 Å². The van der Waals surface area contributed by atoms with Gasteiger partial charge in [-0.05, 0) is 49.5 Å². The number of nitrogens with zero attached hydrogens (tertiary/aromatic N) is 2. The van der Waals surface area contributed by atoms with Gasteiger partial charge in [0.15, 0.2) is 0 Å². The Hall–Kier alpha value is -0.410. The minimum atomic E-state index is 0.500. The number of rotatable bonds is 7. The highest BCUT2D eigenvalue weighted by molar-refractivity contribution is 7.98. The van der Waals surface area contributed by atoms with Crippen molar-refractivity contribution in [3.8, 4) is 0 Å². The first-order valence-corrected chi connectivity index (χ1v) is 8.32. The van der Waals surface area contributed by atoms with E-state index in [2.05, 4.69) is 49.2 Å². The predicted octanol–water partition coefficient (Wildman–Crippen LogP) is 3.96. The topological polar surface area (TPSA) is 16.1 Å². The summed E-state index contributed by atoms with van der Waals surface area (Å²) in [6.07, 6.45) is 4.27. The molecule has 102 valence electrons. The van der Waals surface area contributed by atoms with Crippen LogP contribution in [0.3, 0.4) is 0 Å². The summed E-state index contributed by atoms with van der Waals surface area (Å²) in [6, 6.07) is 4.69. The maximum absolute atomic E-state index is 5.95. The second-order valence-corrected chi connectivity index (χ2v) is 5.81. The van der Waals surface area contributed by atoms with E-state index in [1.54, 1.807) is 0 Å². The Labute approximate surface area is 120 Å². The molecule has 1 rings (SSSR count). The average Bonchev–Trinajstić information content (AvgIpc) is 2.43. The van der Waals surface area contributed by atoms with E-state index in [0.717, 1.165) is 23.5 Å². The van der Waals surface area contributed by atoms with E-state index in [1.807, 2.05) is 11.8 Å². The number of anilines is 1. The molecule has 0 aliphatic heterocycles. The summed E-state index contributed by atoms with van der Waals surface area (Å²) in [5, 5.41) is 0. The highest BCUT2D eigenvalue weighted by Crippen LogP contribution is 2.19. The second kappa shape index (κ2) is 7.90. The molecule has 18 heavy (non-hydrogen) atoms. The monoisotopic (exact) mass is 286 g/mol. The quantitative estimate of drug-likeness (QED) is 0.706. The van der Waals surface area contributed by atoms with Crippen LogP contribution in [0.2, 0.25) is 0 Å². The lowest BCUT2D eigenvalue weighted by Crippen LogP contribution is -2.30. The van der Waals surface area contributed by atoms with Crippen molar-refractivity contribution in [3.63, 3.8) is 0 Å². The number of thioether (sulfide) groups is 1. The van der Waals surface area contributed by atoms with E-state index in [9.17, 15) is 0 Å². The van der Waals surface area contributed by atoms with Crippen LogP contribution in [0.4, 0.5) is 5.82 Å². The molecule has 1 heterocycles. The van der Waals surface area contributed by atoms with Crippen LogP contribution >= 0.6 is 23.4 Å². The largest absolute Gasteiger partial charge is 0.357 e. The van der Waals surface area contributed by atoms with Gasteiger partial charge >= 0.3 is 0 Å². The Morgan fingerprint density at radius 3 is 2.72 bits per heavy atom. The summed E-state index contributed by atoms with van der Waals surface area (Å²) in [4.78, 5) is 6.94. The smallest absolute Gasteiger partial charge is 0.129 e. The minimum Gasteiger partial charge on any atom is -0.357 e. The summed E-state index contributed by atoms with van der Waals surface area (Å²) >= 11 is 7.84. The summed E-state index contributed by atoms with van der Waals surface area (Å²) in [5.74, 6) is 2.77. The van der Waals surface area contributed by atoms with Gasteiger partial charge in [0.25, 0.3) is 0 Å². The highest BCUT2D eigenvalue weighted by Gasteiger charge is 2.12. The van der Waals surface area contributed by atoms with Gasteiger partial charge in [0.2, 0.25) is 0 Å². The fraction of sp³-hybridized carbons (Fsp3) is 0.643. The third kappa shape index (κ3) is 4.36. The van der Waals surface area contributed by atoms with Gasteiger partial charge < -0.3 is 4.90 Å². The zero-order chi connectivity index (χ0) is 13.5. The van der Waals surface area contributed by atoms with E-state index in [1.165, 1.54) is 12.2 Å². The summed E-state index contributed by atoms with van der Waals surface area (Å²) in [6.45, 7) is 4.37. The Bertz CT molecular complexity index is 349. The van der Waals surface area contributed by atoms with Gasteiger partial charge in [0.05, 0.1) is 0 Å². The summed E-state index contributed by atoms with van der Waals surface area (Å²) in [7, 11) is 2.12. The summed E-state index contributed by atoms with van der Waals surface area (Å²) < 4.78 is 0. The SMILES string of the molecule is CCc1cc(CCl)cc(N(C)C(C)CCSC)n1. The van der Waals surface area contributed by atoms with Crippen molar-refractivity contribution >= 4 is 29.2 Å². The Morgan fingerprint density at radius 2 is 2.17 bits per heavy atom. The maximum atomic E-state index is 5.95. The van der Waals surface area contributed by atoms with Crippen molar-refractivity contribution in [1.82, 2.24) is 4.98 Å². The first kappa shape index (κ1) is 15.6. The van der Waals surface area contributed by atoms with Gasteiger partial charge in [0.1, 0.15) is 5.82 Å². The molecule has 0 fully saturated rings. The van der Waals surface area contributed by atoms with Crippen LogP contribution in [-0.4, -0.2) is 30.1 Å². The molecular formula is C14H23ClN2S. The molecule has 0 aliphatic carbocycles. The lowest BCUT2D eigenvalue weighted by atomic mass is 10.2. The second-order valence-electron chi connectivity index (χ2n) is 4.55. The molecule has 0 aromatic carbocycles. The predicted molar refractivity (Wildman–Crippen MR) is 84.0 cm³/mol. The molecule has 2 nitrogen and oxygen atoms in total. The first-order valence-electron chi connectivity index (χ1n) is 6.39. The third-order valence-corrected chi connectivity index (χ3v) is 4.16. The number of alkyl halides is 1. The van der Waals surface area contributed by atoms with E-state index >= 15 is 0 Å². The minimum absolute atomic E-state index is 0.500. The number of pyridine rings is 1. The zero-order valence-electron chi connectivity index (χ0n) is 11.7. The zero-order valence-corrected chi connectivity index (χ0v) is 13.3. The van der Waals surface area contributed by atoms with Crippen LogP contribution in [0.5, 0.6) is 0 Å². The first-order chi connectivity index (χ1) is 8.62. The lowest BCUT2D eigenvalue weighted by molar-refractivity contribution is 0.660. The Kier molecular flexibility index (Phi) is 6.87. The molecule has 4 heteroatoms. The summed E-state index contributed by atoms with van der Waals surface area (Å²) in [5.41, 5.74) is 2.27. The number of aryl methyl sites for hydroxylation is 1. The molecule has 0 bridgehead atoms. The molecule has 0 saturated carbocycles. The Balaban J connectivity index is 2.86. The van der Waals surface area contributed by atoms with Gasteiger partial charge in [-0.1, -0.05) is 6.92 Å². The Morgan fingerprint density at radius 1 is 1.44 bits per heavy atom. The fourth-order valence-electron chi connectivity index (χ4n) is 1.78. The molecule has 1 atom stereocenters. The lowest BCUT2D eigenvalue weighted by Gasteiger charge is -2.26. The van der Waals surface area contributed by atoms with E-state index in [-0.39, 0.29) is 0 Å². The van der Waals surface area contributed by atoms with Crippen LogP contribution in [-0.2, 0) is 12.3 Å². The number of hydrogen-bond donors (Lipinski definition) is 0. The standard InChI is InChI=1S/C14H23ClN2S/c1-5-13-8-12(10-15)9-14(16-13)17(3)11(2)6-7-18-4/h8-9,11H,5-7,10H2,1-4H3. The van der Waals surface area contributed by atoms with Crippen LogP contribution in [0, 0.1) is 0 Å². The van der Waals surface area contributed by atoms with E-state index in [4.69, 9.17) is 11.6 Å². The normalized spacial score (nSPS) is 12.5. The van der Waals surface area contributed by atoms with Gasteiger partial charge in [-0.15, -0.1) is 11.6 Å². The molecule has 0 spiro atoms. The third-order valence-electron chi connectivity index (χ3n) is 3.20. The van der Waals surface area contributed by atoms with Gasteiger partial charge in [-0.3, -0.25) is 0 Å². The molecule has 0 amide bonds. The molecule has 1 aromatic heterocycles. The molecular weight excluding hydrogens is 264 g/mol. The molecule has 0 aliphatic rings. The highest BCUT2D eigenvalue weighted by atomic mass is 35.5. The van der Waals surface area contributed by atoms with Gasteiger partial charge in [0, 0.05) is 24.7 Å². The van der Waals surface area contributed by atoms with Crippen molar-refractivity contribution in [2.45, 2.75) is 38.6 Å². The van der Waals surface area contributed by atoms with Gasteiger partial charge in [-0.2, -0.15) is 11.8 Å². The maximum Gasteiger partial charge on any atom is 0.129 e. The fourth-order valence-corrected chi connectivity index (χ4v) is 2.51. The molecule has 1 aromatic rings. The number of halogens is 1. The number of hydrogen-bond acceptors (Lipinski definition) is 3. The number of aromatic nitrogens is 1. The average molecular weight is 287 g/mol. The van der Waals surface area contributed by atoms with Crippen molar-refractivity contribution in [2.75, 3.05) is 24.0 Å². The van der Waals surface area contributed by atoms with Crippen molar-refractivity contribution < 1.29 is 0 Å². The van der Waals surface area contributed by atoms with Crippen LogP contribution in [0.15, 0.2) is 12.1 Å². The van der Waals surface area contributed by atoms with Gasteiger partial charge in [-0.25, -0.2) is 4.98 Å². The van der Waals surface area contributed by atoms with Crippen LogP contribution in [0.1, 0.15) is 31.5 Å². The molecule has 0 radical (unpaired) electrons. The van der Waals surface area contributed by atoms with E-state index in [0.29, 0.717) is 11.9 Å². The molecule has 1 unspecified atom stereocenters.